The molecule has 4 heterocycles. The number of anilines is 1. The van der Waals surface area contributed by atoms with Gasteiger partial charge in [-0.25, -0.2) is 0 Å². The SMILES string of the molecule is O=C1CCC(N2Cc3cc(N4CCN5CCNCC5C4)ccc3C2=O)C(=O)N1. The molecular formula is C20H25N5O3. The van der Waals surface area contributed by atoms with E-state index in [9.17, 15) is 14.4 Å². The van der Waals surface area contributed by atoms with Crippen molar-refractivity contribution in [1.82, 2.24) is 20.4 Å². The Hall–Kier alpha value is -2.45. The number of benzene rings is 1. The van der Waals surface area contributed by atoms with E-state index in [4.69, 9.17) is 0 Å². The van der Waals surface area contributed by atoms with Crippen molar-refractivity contribution in [2.45, 2.75) is 31.5 Å². The molecule has 3 saturated heterocycles. The molecule has 2 N–H and O–H groups in total. The molecule has 1 aromatic rings. The van der Waals surface area contributed by atoms with Crippen LogP contribution in [0, 0.1) is 0 Å². The highest BCUT2D eigenvalue weighted by Crippen LogP contribution is 2.31. The van der Waals surface area contributed by atoms with E-state index in [1.165, 1.54) is 0 Å². The van der Waals surface area contributed by atoms with Gasteiger partial charge in [0.15, 0.2) is 0 Å². The van der Waals surface area contributed by atoms with Gasteiger partial charge in [0.1, 0.15) is 6.04 Å². The largest absolute Gasteiger partial charge is 0.369 e. The summed E-state index contributed by atoms with van der Waals surface area (Å²) in [6.45, 7) is 6.65. The first-order valence-corrected chi connectivity index (χ1v) is 10.1. The van der Waals surface area contributed by atoms with E-state index in [0.29, 0.717) is 24.6 Å². The van der Waals surface area contributed by atoms with Crippen molar-refractivity contribution in [2.75, 3.05) is 44.2 Å². The van der Waals surface area contributed by atoms with Crippen LogP contribution in [0.1, 0.15) is 28.8 Å². The van der Waals surface area contributed by atoms with Crippen molar-refractivity contribution in [2.24, 2.45) is 0 Å². The molecule has 0 spiro atoms. The molecule has 2 unspecified atom stereocenters. The Morgan fingerprint density at radius 3 is 2.82 bits per heavy atom. The second kappa shape index (κ2) is 6.86. The quantitative estimate of drug-likeness (QED) is 0.673. The van der Waals surface area contributed by atoms with Crippen LogP contribution in [0.2, 0.25) is 0 Å². The minimum atomic E-state index is -0.557. The number of rotatable bonds is 2. The molecule has 8 heteroatoms. The van der Waals surface area contributed by atoms with Crippen LogP contribution in [-0.2, 0) is 16.1 Å². The molecule has 2 atom stereocenters. The fourth-order valence-corrected chi connectivity index (χ4v) is 4.86. The van der Waals surface area contributed by atoms with Crippen LogP contribution < -0.4 is 15.5 Å². The lowest BCUT2D eigenvalue weighted by Crippen LogP contribution is -2.61. The first kappa shape index (κ1) is 17.6. The number of hydrogen-bond acceptors (Lipinski definition) is 6. The molecule has 28 heavy (non-hydrogen) atoms. The first-order chi connectivity index (χ1) is 13.6. The summed E-state index contributed by atoms with van der Waals surface area (Å²) in [7, 11) is 0. The van der Waals surface area contributed by atoms with Gasteiger partial charge in [-0.1, -0.05) is 0 Å². The predicted octanol–water partition coefficient (Wildman–Crippen LogP) is -0.459. The average Bonchev–Trinajstić information content (AvgIpc) is 3.03. The Morgan fingerprint density at radius 2 is 1.96 bits per heavy atom. The van der Waals surface area contributed by atoms with Gasteiger partial charge < -0.3 is 15.1 Å². The van der Waals surface area contributed by atoms with E-state index in [-0.39, 0.29) is 24.1 Å². The van der Waals surface area contributed by atoms with E-state index in [1.807, 2.05) is 12.1 Å². The maximum absolute atomic E-state index is 12.8. The molecule has 0 bridgehead atoms. The lowest BCUT2D eigenvalue weighted by molar-refractivity contribution is -0.136. The number of hydrogen-bond donors (Lipinski definition) is 2. The van der Waals surface area contributed by atoms with Crippen LogP contribution in [-0.4, -0.2) is 78.9 Å². The van der Waals surface area contributed by atoms with Crippen LogP contribution in [0.15, 0.2) is 18.2 Å². The van der Waals surface area contributed by atoms with Crippen molar-refractivity contribution >= 4 is 23.4 Å². The van der Waals surface area contributed by atoms with Gasteiger partial charge in [-0.15, -0.1) is 0 Å². The van der Waals surface area contributed by atoms with Crippen LogP contribution >= 0.6 is 0 Å². The Bertz CT molecular complexity index is 841. The monoisotopic (exact) mass is 383 g/mol. The van der Waals surface area contributed by atoms with Gasteiger partial charge >= 0.3 is 0 Å². The van der Waals surface area contributed by atoms with Gasteiger partial charge in [-0.05, 0) is 30.2 Å². The maximum Gasteiger partial charge on any atom is 0.255 e. The zero-order valence-corrected chi connectivity index (χ0v) is 15.8. The highest BCUT2D eigenvalue weighted by molar-refractivity contribution is 6.05. The molecule has 8 nitrogen and oxygen atoms in total. The Kier molecular flexibility index (Phi) is 4.32. The third-order valence-corrected chi connectivity index (χ3v) is 6.43. The number of imide groups is 1. The van der Waals surface area contributed by atoms with Crippen molar-refractivity contribution in [3.05, 3.63) is 29.3 Å². The fraction of sp³-hybridized carbons (Fsp3) is 0.550. The summed E-state index contributed by atoms with van der Waals surface area (Å²) < 4.78 is 0. The lowest BCUT2D eigenvalue weighted by atomic mass is 10.0. The van der Waals surface area contributed by atoms with E-state index < -0.39 is 6.04 Å². The smallest absolute Gasteiger partial charge is 0.255 e. The van der Waals surface area contributed by atoms with Gasteiger partial charge in [-0.2, -0.15) is 0 Å². The molecule has 3 fully saturated rings. The fourth-order valence-electron chi connectivity index (χ4n) is 4.86. The van der Waals surface area contributed by atoms with Crippen molar-refractivity contribution in [1.29, 1.82) is 0 Å². The molecule has 5 rings (SSSR count). The van der Waals surface area contributed by atoms with E-state index >= 15 is 0 Å². The predicted molar refractivity (Wildman–Crippen MR) is 103 cm³/mol. The number of amides is 3. The Labute approximate surface area is 163 Å². The summed E-state index contributed by atoms with van der Waals surface area (Å²) >= 11 is 0. The van der Waals surface area contributed by atoms with Crippen molar-refractivity contribution in [3.8, 4) is 0 Å². The second-order valence-electron chi connectivity index (χ2n) is 8.08. The van der Waals surface area contributed by atoms with Gasteiger partial charge in [-0.3, -0.25) is 24.6 Å². The molecule has 0 aliphatic carbocycles. The Balaban J connectivity index is 1.33. The molecule has 3 amide bonds. The minimum Gasteiger partial charge on any atom is -0.369 e. The molecule has 4 aliphatic heterocycles. The maximum atomic E-state index is 12.8. The number of nitrogens with zero attached hydrogens (tertiary/aromatic N) is 3. The average molecular weight is 383 g/mol. The van der Waals surface area contributed by atoms with E-state index in [1.54, 1.807) is 4.90 Å². The van der Waals surface area contributed by atoms with Crippen molar-refractivity contribution < 1.29 is 14.4 Å². The number of nitrogens with one attached hydrogen (secondary N) is 2. The molecular weight excluding hydrogens is 358 g/mol. The van der Waals surface area contributed by atoms with Crippen LogP contribution in [0.25, 0.3) is 0 Å². The van der Waals surface area contributed by atoms with Gasteiger partial charge in [0.25, 0.3) is 5.91 Å². The summed E-state index contributed by atoms with van der Waals surface area (Å²) in [5.41, 5.74) is 2.78. The standard InChI is InChI=1S/C20H25N5O3/c26-18-4-3-17(19(27)22-18)25-11-13-9-14(1-2-16(13)20(25)28)24-8-7-23-6-5-21-10-15(23)12-24/h1-2,9,15,17,21H,3-8,10-12H2,(H,22,26,27). The summed E-state index contributed by atoms with van der Waals surface area (Å²) in [4.78, 5) is 43.0. The zero-order valence-electron chi connectivity index (χ0n) is 15.8. The third kappa shape index (κ3) is 2.97. The third-order valence-electron chi connectivity index (χ3n) is 6.43. The van der Waals surface area contributed by atoms with Gasteiger partial charge in [0, 0.05) is 69.5 Å². The number of fused-ring (bicyclic) bond motifs is 2. The second-order valence-corrected chi connectivity index (χ2v) is 8.08. The van der Waals surface area contributed by atoms with Crippen LogP contribution in [0.5, 0.6) is 0 Å². The molecule has 148 valence electrons. The van der Waals surface area contributed by atoms with Gasteiger partial charge in [0.05, 0.1) is 0 Å². The van der Waals surface area contributed by atoms with E-state index in [0.717, 1.165) is 50.5 Å². The molecule has 4 aliphatic rings. The van der Waals surface area contributed by atoms with Crippen molar-refractivity contribution in [3.63, 3.8) is 0 Å². The first-order valence-electron chi connectivity index (χ1n) is 10.1. The number of carbonyl (C=O) groups excluding carboxylic acids is 3. The summed E-state index contributed by atoms with van der Waals surface area (Å²) in [6.07, 6.45) is 0.676. The molecule has 1 aromatic carbocycles. The van der Waals surface area contributed by atoms with Crippen LogP contribution in [0.3, 0.4) is 0 Å². The number of piperidine rings is 1. The summed E-state index contributed by atoms with van der Waals surface area (Å²) in [5.74, 6) is -0.736. The highest BCUT2D eigenvalue weighted by atomic mass is 16.2. The number of piperazine rings is 2. The summed E-state index contributed by atoms with van der Waals surface area (Å²) in [5, 5.41) is 5.82. The van der Waals surface area contributed by atoms with Gasteiger partial charge in [0.2, 0.25) is 11.8 Å². The number of carbonyl (C=O) groups is 3. The molecule has 0 aromatic heterocycles. The highest BCUT2D eigenvalue weighted by Gasteiger charge is 2.39. The summed E-state index contributed by atoms with van der Waals surface area (Å²) in [6, 6.07) is 5.99. The minimum absolute atomic E-state index is 0.114. The Morgan fingerprint density at radius 1 is 1.07 bits per heavy atom. The molecule has 0 saturated carbocycles. The van der Waals surface area contributed by atoms with Crippen LogP contribution in [0.4, 0.5) is 5.69 Å². The molecule has 0 radical (unpaired) electrons. The lowest BCUT2D eigenvalue weighted by Gasteiger charge is -2.45. The normalized spacial score (nSPS) is 28.2. The topological polar surface area (TPSA) is 85.0 Å². The van der Waals surface area contributed by atoms with E-state index in [2.05, 4.69) is 26.5 Å². The zero-order chi connectivity index (χ0) is 19.3.